The van der Waals surface area contributed by atoms with E-state index in [1.807, 2.05) is 0 Å². The van der Waals surface area contributed by atoms with Gasteiger partial charge in [0.15, 0.2) is 9.84 Å². The smallest absolute Gasteiger partial charge is 0.269 e. The average molecular weight is 396 g/mol. The third-order valence-corrected chi connectivity index (χ3v) is 5.45. The molecule has 11 heteroatoms. The van der Waals surface area contributed by atoms with Gasteiger partial charge in [0.2, 0.25) is 0 Å². The summed E-state index contributed by atoms with van der Waals surface area (Å²) in [5, 5.41) is 41.3. The predicted octanol–water partition coefficient (Wildman–Crippen LogP) is 1.68. The number of aliphatic hydroxyl groups excluding tert-OH is 2. The van der Waals surface area contributed by atoms with Crippen LogP contribution >= 0.6 is 0 Å². The molecule has 0 aliphatic carbocycles. The minimum atomic E-state index is -3.90. The quantitative estimate of drug-likeness (QED) is 0.503. The van der Waals surface area contributed by atoms with Crippen molar-refractivity contribution in [1.82, 2.24) is 0 Å². The van der Waals surface area contributed by atoms with E-state index in [0.29, 0.717) is 0 Å². The molecule has 2 atom stereocenters. The number of hydrogen-bond donors (Lipinski definition) is 2. The summed E-state index contributed by atoms with van der Waals surface area (Å²) in [4.78, 5) is 20.0. The Balaban J connectivity index is 2.04. The van der Waals surface area contributed by atoms with Crippen molar-refractivity contribution >= 4 is 21.2 Å². The zero-order chi connectivity index (χ0) is 20.2. The van der Waals surface area contributed by atoms with Crippen molar-refractivity contribution in [2.24, 2.45) is 0 Å². The summed E-state index contributed by atoms with van der Waals surface area (Å²) in [5.74, 6) is -1.37. The van der Waals surface area contributed by atoms with E-state index in [2.05, 4.69) is 0 Å². The predicted molar refractivity (Wildman–Crippen MR) is 94.8 cm³/mol. The molecule has 0 saturated carbocycles. The van der Waals surface area contributed by atoms with Crippen molar-refractivity contribution in [3.8, 4) is 0 Å². The Morgan fingerprint density at radius 3 is 1.30 bits per heavy atom. The maximum absolute atomic E-state index is 12.2. The zero-order valence-electron chi connectivity index (χ0n) is 13.8. The molecular weight excluding hydrogens is 380 g/mol. The Morgan fingerprint density at radius 1 is 0.741 bits per heavy atom. The normalized spacial score (nSPS) is 13.7. The Labute approximate surface area is 153 Å². The van der Waals surface area contributed by atoms with Crippen LogP contribution in [0.1, 0.15) is 23.3 Å². The maximum atomic E-state index is 12.2. The first-order valence-electron chi connectivity index (χ1n) is 7.64. The summed E-state index contributed by atoms with van der Waals surface area (Å²) in [6, 6.07) is 9.62. The number of non-ortho nitro benzene ring substituents is 2. The maximum Gasteiger partial charge on any atom is 0.269 e. The molecule has 27 heavy (non-hydrogen) atoms. The molecule has 0 amide bonds. The van der Waals surface area contributed by atoms with Crippen LogP contribution in [-0.4, -0.2) is 40.0 Å². The van der Waals surface area contributed by atoms with Crippen molar-refractivity contribution in [1.29, 1.82) is 0 Å². The highest BCUT2D eigenvalue weighted by molar-refractivity contribution is 7.91. The highest BCUT2D eigenvalue weighted by Crippen LogP contribution is 2.23. The molecule has 2 rings (SSSR count). The fraction of sp³-hybridized carbons (Fsp3) is 0.250. The van der Waals surface area contributed by atoms with Crippen LogP contribution in [0.2, 0.25) is 0 Å². The fourth-order valence-electron chi connectivity index (χ4n) is 2.38. The summed E-state index contributed by atoms with van der Waals surface area (Å²) in [7, 11) is -3.90. The molecule has 2 aromatic rings. The zero-order valence-corrected chi connectivity index (χ0v) is 14.7. The first kappa shape index (κ1) is 20.4. The van der Waals surface area contributed by atoms with Crippen molar-refractivity contribution in [2.75, 3.05) is 11.5 Å². The molecule has 0 aliphatic heterocycles. The van der Waals surface area contributed by atoms with E-state index in [-0.39, 0.29) is 22.5 Å². The first-order chi connectivity index (χ1) is 12.6. The minimum absolute atomic E-state index is 0.189. The van der Waals surface area contributed by atoms with Crippen molar-refractivity contribution in [3.05, 3.63) is 79.9 Å². The molecule has 0 saturated heterocycles. The second-order valence-corrected chi connectivity index (χ2v) is 7.96. The second kappa shape index (κ2) is 8.20. The first-order valence-corrected chi connectivity index (χ1v) is 9.46. The molecule has 2 unspecified atom stereocenters. The molecule has 144 valence electrons. The summed E-state index contributed by atoms with van der Waals surface area (Å²) in [5.41, 5.74) is -0.00666. The topological polar surface area (TPSA) is 161 Å². The highest BCUT2D eigenvalue weighted by Gasteiger charge is 2.24. The molecule has 2 aromatic carbocycles. The molecule has 0 aromatic heterocycles. The van der Waals surface area contributed by atoms with Gasteiger partial charge in [0.1, 0.15) is 0 Å². The molecule has 0 bridgehead atoms. The lowest BCUT2D eigenvalue weighted by Gasteiger charge is -2.15. The van der Waals surface area contributed by atoms with Gasteiger partial charge in [0.05, 0.1) is 33.6 Å². The number of nitrogens with zero attached hydrogens (tertiary/aromatic N) is 2. The number of aliphatic hydroxyl groups is 2. The van der Waals surface area contributed by atoms with E-state index in [9.17, 15) is 38.9 Å². The van der Waals surface area contributed by atoms with Crippen LogP contribution in [0.15, 0.2) is 48.5 Å². The molecule has 0 fully saturated rings. The number of benzene rings is 2. The van der Waals surface area contributed by atoms with Crippen LogP contribution in [0.4, 0.5) is 11.4 Å². The number of sulfone groups is 1. The van der Waals surface area contributed by atoms with Crippen LogP contribution in [0.5, 0.6) is 0 Å². The third-order valence-electron chi connectivity index (χ3n) is 3.80. The van der Waals surface area contributed by atoms with Crippen molar-refractivity contribution in [3.63, 3.8) is 0 Å². The summed E-state index contributed by atoms with van der Waals surface area (Å²) in [6.45, 7) is 0. The number of nitro benzene ring substituents is 2. The fourth-order valence-corrected chi connectivity index (χ4v) is 3.86. The van der Waals surface area contributed by atoms with Gasteiger partial charge in [0, 0.05) is 24.3 Å². The van der Waals surface area contributed by atoms with Crippen LogP contribution in [-0.2, 0) is 9.84 Å². The van der Waals surface area contributed by atoms with Gasteiger partial charge >= 0.3 is 0 Å². The monoisotopic (exact) mass is 396 g/mol. The summed E-state index contributed by atoms with van der Waals surface area (Å²) in [6.07, 6.45) is -2.83. The van der Waals surface area contributed by atoms with Gasteiger partial charge in [-0.05, 0) is 35.4 Å². The van der Waals surface area contributed by atoms with E-state index < -0.39 is 43.4 Å². The molecule has 10 nitrogen and oxygen atoms in total. The van der Waals surface area contributed by atoms with Gasteiger partial charge in [-0.25, -0.2) is 8.42 Å². The molecule has 0 aliphatic rings. The van der Waals surface area contributed by atoms with E-state index in [4.69, 9.17) is 0 Å². The number of hydrogen-bond acceptors (Lipinski definition) is 8. The largest absolute Gasteiger partial charge is 0.387 e. The lowest BCUT2D eigenvalue weighted by molar-refractivity contribution is -0.385. The van der Waals surface area contributed by atoms with Crippen LogP contribution in [0.25, 0.3) is 0 Å². The van der Waals surface area contributed by atoms with E-state index in [1.54, 1.807) is 0 Å². The third kappa shape index (κ3) is 5.54. The van der Waals surface area contributed by atoms with Crippen molar-refractivity contribution < 1.29 is 28.5 Å². The summed E-state index contributed by atoms with van der Waals surface area (Å²) >= 11 is 0. The molecule has 0 spiro atoms. The SMILES string of the molecule is O=[N+]([O-])c1ccc(C(O)CS(=O)(=O)CC(O)c2ccc([N+](=O)[O-])cc2)cc1. The van der Waals surface area contributed by atoms with Gasteiger partial charge in [-0.2, -0.15) is 0 Å². The standard InChI is InChI=1S/C16H16N2O8S/c19-15(11-1-5-13(6-2-11)17(21)22)9-27(25,26)10-16(20)12-3-7-14(8-4-12)18(23)24/h1-8,15-16,19-20H,9-10H2. The van der Waals surface area contributed by atoms with Crippen LogP contribution in [0.3, 0.4) is 0 Å². The van der Waals surface area contributed by atoms with E-state index in [1.165, 1.54) is 24.3 Å². The van der Waals surface area contributed by atoms with Crippen molar-refractivity contribution in [2.45, 2.75) is 12.2 Å². The van der Waals surface area contributed by atoms with E-state index in [0.717, 1.165) is 24.3 Å². The van der Waals surface area contributed by atoms with Gasteiger partial charge in [0.25, 0.3) is 11.4 Å². The van der Waals surface area contributed by atoms with Crippen LogP contribution in [0, 0.1) is 20.2 Å². The molecule has 0 heterocycles. The summed E-state index contributed by atoms with van der Waals surface area (Å²) < 4.78 is 24.4. The lowest BCUT2D eigenvalue weighted by atomic mass is 10.1. The van der Waals surface area contributed by atoms with Gasteiger partial charge in [-0.15, -0.1) is 0 Å². The highest BCUT2D eigenvalue weighted by atomic mass is 32.2. The average Bonchev–Trinajstić information content (AvgIpc) is 2.61. The number of nitro groups is 2. The molecular formula is C16H16N2O8S. The molecule has 0 radical (unpaired) electrons. The Hall–Kier alpha value is -2.89. The molecule has 2 N–H and O–H groups in total. The lowest BCUT2D eigenvalue weighted by Crippen LogP contribution is -2.21. The van der Waals surface area contributed by atoms with E-state index >= 15 is 0 Å². The Morgan fingerprint density at radius 2 is 1.04 bits per heavy atom. The Kier molecular flexibility index (Phi) is 6.20. The number of rotatable bonds is 8. The van der Waals surface area contributed by atoms with Gasteiger partial charge < -0.3 is 10.2 Å². The minimum Gasteiger partial charge on any atom is -0.387 e. The van der Waals surface area contributed by atoms with Gasteiger partial charge in [-0.1, -0.05) is 0 Å². The van der Waals surface area contributed by atoms with Gasteiger partial charge in [-0.3, -0.25) is 20.2 Å². The Bertz CT molecular complexity index is 854. The van der Waals surface area contributed by atoms with Crippen LogP contribution < -0.4 is 0 Å². The second-order valence-electron chi connectivity index (χ2n) is 5.81.